The number of fused-ring (bicyclic) bond motifs is 1. The van der Waals surface area contributed by atoms with Crippen LogP contribution in [-0.4, -0.2) is 69.1 Å². The molecule has 0 saturated heterocycles. The Bertz CT molecular complexity index is 1760. The summed E-state index contributed by atoms with van der Waals surface area (Å²) in [6.07, 6.45) is -2.79. The molecule has 0 saturated carbocycles. The topological polar surface area (TPSA) is 264 Å². The smallest absolute Gasteiger partial charge is 0.344 e. The molecule has 10 N–H and O–H groups in total. The van der Waals surface area contributed by atoms with Crippen molar-refractivity contribution < 1.29 is 74.9 Å². The fraction of sp³-hybridized carbons (Fsp3) is 0.103. The summed E-state index contributed by atoms with van der Waals surface area (Å²) in [4.78, 5) is 25.0. The maximum absolute atomic E-state index is 12.6. The Kier molecular flexibility index (Phi) is 7.24. The van der Waals surface area contributed by atoms with Gasteiger partial charge in [-0.2, -0.15) is 0 Å². The summed E-state index contributed by atoms with van der Waals surface area (Å²) in [5.41, 5.74) is -0.642. The van der Waals surface area contributed by atoms with Crippen LogP contribution < -0.4 is 14.2 Å². The molecule has 2 atom stereocenters. The number of phenols is 9. The molecule has 0 bridgehead atoms. The molecular weight excluding hydrogens is 588 g/mol. The highest BCUT2D eigenvalue weighted by Crippen LogP contribution is 2.46. The van der Waals surface area contributed by atoms with Crippen molar-refractivity contribution in [2.24, 2.45) is 0 Å². The van der Waals surface area contributed by atoms with Crippen LogP contribution in [0.25, 0.3) is 0 Å². The van der Waals surface area contributed by atoms with E-state index in [4.69, 9.17) is 14.2 Å². The number of aliphatic hydroxyl groups excluding tert-OH is 1. The fourth-order valence-corrected chi connectivity index (χ4v) is 4.45. The van der Waals surface area contributed by atoms with E-state index in [-0.39, 0.29) is 34.6 Å². The van der Waals surface area contributed by atoms with E-state index in [9.17, 15) is 60.7 Å². The Morgan fingerprint density at radius 2 is 1.09 bits per heavy atom. The molecule has 0 radical (unpaired) electrons. The molecule has 0 fully saturated rings. The van der Waals surface area contributed by atoms with Crippen molar-refractivity contribution in [1.29, 1.82) is 0 Å². The first-order valence-corrected chi connectivity index (χ1v) is 12.4. The SMILES string of the molecule is O=C(Oc1cc(O)c2c(c1)O[C@H](c1cc(O)c(OC(=O)c3cc(O)c(O)c(O)c3)c(O)c1)[C@@H](O)C2)c1cc(O)c(O)c(O)c1. The summed E-state index contributed by atoms with van der Waals surface area (Å²) in [5.74, 6) is -10.2. The monoisotopic (exact) mass is 610 g/mol. The van der Waals surface area contributed by atoms with Gasteiger partial charge in [0.25, 0.3) is 0 Å². The largest absolute Gasteiger partial charge is 0.507 e. The Labute approximate surface area is 245 Å². The van der Waals surface area contributed by atoms with Crippen molar-refractivity contribution in [2.45, 2.75) is 18.6 Å². The maximum atomic E-state index is 12.6. The van der Waals surface area contributed by atoms with Crippen LogP contribution in [0.4, 0.5) is 0 Å². The fourth-order valence-electron chi connectivity index (χ4n) is 4.45. The van der Waals surface area contributed by atoms with Gasteiger partial charge in [0.15, 0.2) is 52.1 Å². The highest BCUT2D eigenvalue weighted by molar-refractivity contribution is 5.93. The Morgan fingerprint density at radius 1 is 0.614 bits per heavy atom. The first-order chi connectivity index (χ1) is 20.7. The third kappa shape index (κ3) is 5.37. The minimum Gasteiger partial charge on any atom is -0.507 e. The number of rotatable bonds is 5. The van der Waals surface area contributed by atoms with E-state index >= 15 is 0 Å². The highest BCUT2D eigenvalue weighted by Gasteiger charge is 2.34. The molecule has 0 aliphatic carbocycles. The quantitative estimate of drug-likeness (QED) is 0.0884. The van der Waals surface area contributed by atoms with Crippen LogP contribution in [-0.2, 0) is 6.42 Å². The molecule has 1 heterocycles. The minimum atomic E-state index is -1.33. The van der Waals surface area contributed by atoms with E-state index < -0.39 is 87.2 Å². The molecule has 15 nitrogen and oxygen atoms in total. The predicted octanol–water partition coefficient (Wildman–Crippen LogP) is 2.51. The van der Waals surface area contributed by atoms with Crippen LogP contribution in [0, 0.1) is 0 Å². The molecule has 44 heavy (non-hydrogen) atoms. The zero-order valence-electron chi connectivity index (χ0n) is 22.0. The first-order valence-electron chi connectivity index (χ1n) is 12.4. The van der Waals surface area contributed by atoms with Crippen molar-refractivity contribution in [1.82, 2.24) is 0 Å². The van der Waals surface area contributed by atoms with Gasteiger partial charge in [-0.05, 0) is 36.4 Å². The molecule has 0 unspecified atom stereocenters. The molecular formula is C29H22O15. The number of aliphatic hydroxyl groups is 1. The summed E-state index contributed by atoms with van der Waals surface area (Å²) < 4.78 is 16.0. The number of esters is 2. The standard InChI is InChI=1S/C29H22O15/c30-15-7-13(42-28(40)11-3-16(31)24(38)17(32)4-11)8-23-14(15)9-22(37)26(43-23)10-1-20(35)27(21(36)2-10)44-29(41)12-5-18(33)25(39)19(34)6-12/h1-8,22,26,30-39H,9H2/t22-,26+/m0/s1. The predicted molar refractivity (Wildman–Crippen MR) is 144 cm³/mol. The summed E-state index contributed by atoms with van der Waals surface area (Å²) >= 11 is 0. The Hall–Kier alpha value is -6.22. The lowest BCUT2D eigenvalue weighted by Crippen LogP contribution is -2.30. The Balaban J connectivity index is 1.38. The summed E-state index contributed by atoms with van der Waals surface area (Å²) in [6.45, 7) is 0. The second-order valence-electron chi connectivity index (χ2n) is 9.62. The van der Waals surface area contributed by atoms with Crippen LogP contribution in [0.2, 0.25) is 0 Å². The van der Waals surface area contributed by atoms with Gasteiger partial charge in [0.05, 0.1) is 17.2 Å². The summed E-state index contributed by atoms with van der Waals surface area (Å²) in [6, 6.07) is 7.53. The van der Waals surface area contributed by atoms with Gasteiger partial charge in [-0.3, -0.25) is 0 Å². The van der Waals surface area contributed by atoms with E-state index in [0.717, 1.165) is 42.5 Å². The van der Waals surface area contributed by atoms with Gasteiger partial charge in [-0.1, -0.05) is 0 Å². The average molecular weight is 610 g/mol. The molecule has 228 valence electrons. The summed E-state index contributed by atoms with van der Waals surface area (Å²) in [5, 5.41) is 99.8. The van der Waals surface area contributed by atoms with E-state index in [0.29, 0.717) is 0 Å². The molecule has 0 amide bonds. The molecule has 0 aromatic heterocycles. The molecule has 0 spiro atoms. The van der Waals surface area contributed by atoms with Gasteiger partial charge >= 0.3 is 11.9 Å². The second-order valence-corrected chi connectivity index (χ2v) is 9.62. The van der Waals surface area contributed by atoms with Crippen molar-refractivity contribution in [3.05, 3.63) is 70.8 Å². The number of benzene rings is 4. The van der Waals surface area contributed by atoms with Crippen molar-refractivity contribution >= 4 is 11.9 Å². The van der Waals surface area contributed by atoms with Crippen molar-refractivity contribution in [3.63, 3.8) is 0 Å². The zero-order valence-corrected chi connectivity index (χ0v) is 22.0. The minimum absolute atomic E-state index is 0.00481. The molecule has 4 aromatic carbocycles. The average Bonchev–Trinajstić information content (AvgIpc) is 2.95. The van der Waals surface area contributed by atoms with Crippen LogP contribution in [0.15, 0.2) is 48.5 Å². The second kappa shape index (κ2) is 10.9. The van der Waals surface area contributed by atoms with Gasteiger partial charge in [-0.15, -0.1) is 0 Å². The van der Waals surface area contributed by atoms with Crippen LogP contribution >= 0.6 is 0 Å². The molecule has 1 aliphatic heterocycles. The normalized spacial score (nSPS) is 15.6. The Morgan fingerprint density at radius 3 is 1.59 bits per heavy atom. The van der Waals surface area contributed by atoms with Gasteiger partial charge < -0.3 is 65.3 Å². The molecule has 5 rings (SSSR count). The molecule has 15 heteroatoms. The number of carbonyl (C=O) groups is 2. The van der Waals surface area contributed by atoms with Gasteiger partial charge in [-0.25, -0.2) is 9.59 Å². The number of phenolic OH excluding ortho intramolecular Hbond substituents is 9. The summed E-state index contributed by atoms with van der Waals surface area (Å²) in [7, 11) is 0. The van der Waals surface area contributed by atoms with E-state index in [1.165, 1.54) is 6.07 Å². The van der Waals surface area contributed by atoms with Crippen LogP contribution in [0.3, 0.4) is 0 Å². The lowest BCUT2D eigenvalue weighted by molar-refractivity contribution is 0.0195. The van der Waals surface area contributed by atoms with E-state index in [2.05, 4.69) is 0 Å². The van der Waals surface area contributed by atoms with E-state index in [1.807, 2.05) is 0 Å². The van der Waals surface area contributed by atoms with Crippen LogP contribution in [0.1, 0.15) is 37.9 Å². The van der Waals surface area contributed by atoms with Gasteiger partial charge in [0.2, 0.25) is 5.75 Å². The van der Waals surface area contributed by atoms with Crippen molar-refractivity contribution in [3.8, 4) is 69.0 Å². The zero-order chi connectivity index (χ0) is 32.0. The molecule has 4 aromatic rings. The highest BCUT2D eigenvalue weighted by atomic mass is 16.6. The number of carbonyl (C=O) groups excluding carboxylic acids is 2. The number of aromatic hydroxyl groups is 9. The third-order valence-electron chi connectivity index (χ3n) is 6.59. The first kappa shape index (κ1) is 29.3. The number of hydrogen-bond donors (Lipinski definition) is 10. The van der Waals surface area contributed by atoms with Gasteiger partial charge in [0.1, 0.15) is 17.2 Å². The lowest BCUT2D eigenvalue weighted by atomic mass is 9.93. The maximum Gasteiger partial charge on any atom is 0.344 e. The van der Waals surface area contributed by atoms with E-state index in [1.54, 1.807) is 0 Å². The number of ether oxygens (including phenoxy) is 3. The van der Waals surface area contributed by atoms with Crippen molar-refractivity contribution in [2.75, 3.05) is 0 Å². The lowest BCUT2D eigenvalue weighted by Gasteiger charge is -2.31. The number of hydrogen-bond acceptors (Lipinski definition) is 15. The van der Waals surface area contributed by atoms with Crippen LogP contribution in [0.5, 0.6) is 69.0 Å². The molecule has 1 aliphatic rings. The third-order valence-corrected chi connectivity index (χ3v) is 6.59. The van der Waals surface area contributed by atoms with Gasteiger partial charge in [0, 0.05) is 29.7 Å².